The predicted octanol–water partition coefficient (Wildman–Crippen LogP) is 0.493. The molecule has 0 saturated carbocycles. The van der Waals surface area contributed by atoms with Crippen molar-refractivity contribution in [2.75, 3.05) is 6.54 Å². The van der Waals surface area contributed by atoms with Crippen LogP contribution in [0.5, 0.6) is 0 Å². The summed E-state index contributed by atoms with van der Waals surface area (Å²) in [6.45, 7) is 7.75. The van der Waals surface area contributed by atoms with Gasteiger partial charge in [0.15, 0.2) is 0 Å². The molecule has 0 aromatic heterocycles. The highest BCUT2D eigenvalue weighted by Crippen LogP contribution is 2.33. The molecule has 0 aliphatic rings. The van der Waals surface area contributed by atoms with Crippen LogP contribution in [0.25, 0.3) is 0 Å². The van der Waals surface area contributed by atoms with Gasteiger partial charge in [0.1, 0.15) is 0 Å². The van der Waals surface area contributed by atoms with Gasteiger partial charge >= 0.3 is 0 Å². The fraction of sp³-hybridized carbons (Fsp3) is 1.00. The molecule has 0 saturated heterocycles. The summed E-state index contributed by atoms with van der Waals surface area (Å²) in [5, 5.41) is 19.2. The van der Waals surface area contributed by atoms with Crippen molar-refractivity contribution in [1.82, 2.24) is 0 Å². The van der Waals surface area contributed by atoms with E-state index in [1.54, 1.807) is 6.92 Å². The van der Waals surface area contributed by atoms with Gasteiger partial charge in [0.05, 0.1) is 11.7 Å². The van der Waals surface area contributed by atoms with Crippen LogP contribution >= 0.6 is 0 Å². The van der Waals surface area contributed by atoms with Gasteiger partial charge in [-0.05, 0) is 12.3 Å². The van der Waals surface area contributed by atoms with Crippen LogP contribution in [0.2, 0.25) is 0 Å². The standard InChI is InChI=1S/C9H21NO2/c1-8(2,3)9(4,12)5-7(11)6-10/h7,11-12H,5-6,10H2,1-4H3/t7-,9-/m1/s1. The first-order valence-electron chi connectivity index (χ1n) is 4.31. The first kappa shape index (κ1) is 11.9. The van der Waals surface area contributed by atoms with Crippen molar-refractivity contribution in [3.8, 4) is 0 Å². The molecule has 0 heterocycles. The zero-order chi connectivity index (χ0) is 9.99. The molecule has 0 aromatic carbocycles. The van der Waals surface area contributed by atoms with Gasteiger partial charge in [0.25, 0.3) is 0 Å². The van der Waals surface area contributed by atoms with E-state index in [0.29, 0.717) is 6.42 Å². The Labute approximate surface area is 74.6 Å². The second kappa shape index (κ2) is 3.73. The quantitative estimate of drug-likeness (QED) is 0.585. The van der Waals surface area contributed by atoms with E-state index in [2.05, 4.69) is 0 Å². The minimum Gasteiger partial charge on any atom is -0.392 e. The van der Waals surface area contributed by atoms with Crippen molar-refractivity contribution in [2.24, 2.45) is 11.1 Å². The van der Waals surface area contributed by atoms with Gasteiger partial charge in [-0.15, -0.1) is 0 Å². The lowest BCUT2D eigenvalue weighted by molar-refractivity contribution is -0.0726. The molecule has 0 amide bonds. The molecule has 0 fully saturated rings. The monoisotopic (exact) mass is 175 g/mol. The Morgan fingerprint density at radius 3 is 1.92 bits per heavy atom. The Bertz CT molecular complexity index is 138. The molecular formula is C9H21NO2. The molecule has 0 bridgehead atoms. The van der Waals surface area contributed by atoms with Crippen LogP contribution in [0.1, 0.15) is 34.1 Å². The Kier molecular flexibility index (Phi) is 3.69. The minimum atomic E-state index is -0.869. The highest BCUT2D eigenvalue weighted by Gasteiger charge is 2.36. The average molecular weight is 175 g/mol. The van der Waals surface area contributed by atoms with Crippen LogP contribution in [-0.2, 0) is 0 Å². The lowest BCUT2D eigenvalue weighted by atomic mass is 9.75. The molecular weight excluding hydrogens is 154 g/mol. The molecule has 3 heteroatoms. The molecule has 4 N–H and O–H groups in total. The predicted molar refractivity (Wildman–Crippen MR) is 49.8 cm³/mol. The van der Waals surface area contributed by atoms with E-state index in [0.717, 1.165) is 0 Å². The van der Waals surface area contributed by atoms with Gasteiger partial charge in [0, 0.05) is 13.0 Å². The SMILES string of the molecule is CC(C)(C)[C@](C)(O)C[C@@H](O)CN. The maximum atomic E-state index is 9.94. The van der Waals surface area contributed by atoms with Crippen LogP contribution in [0.4, 0.5) is 0 Å². The zero-order valence-electron chi connectivity index (χ0n) is 8.46. The van der Waals surface area contributed by atoms with Gasteiger partial charge in [-0.1, -0.05) is 20.8 Å². The van der Waals surface area contributed by atoms with Crippen LogP contribution in [0.15, 0.2) is 0 Å². The summed E-state index contributed by atoms with van der Waals surface area (Å²) in [4.78, 5) is 0. The lowest BCUT2D eigenvalue weighted by Gasteiger charge is -2.38. The lowest BCUT2D eigenvalue weighted by Crippen LogP contribution is -2.44. The Balaban J connectivity index is 4.22. The van der Waals surface area contributed by atoms with Gasteiger partial charge in [-0.3, -0.25) is 0 Å². The van der Waals surface area contributed by atoms with Gasteiger partial charge in [0.2, 0.25) is 0 Å². The largest absolute Gasteiger partial charge is 0.392 e. The van der Waals surface area contributed by atoms with E-state index < -0.39 is 11.7 Å². The Morgan fingerprint density at radius 1 is 1.25 bits per heavy atom. The van der Waals surface area contributed by atoms with E-state index >= 15 is 0 Å². The summed E-state index contributed by atoms with van der Waals surface area (Å²) < 4.78 is 0. The van der Waals surface area contributed by atoms with Crippen molar-refractivity contribution in [3.05, 3.63) is 0 Å². The smallest absolute Gasteiger partial charge is 0.0692 e. The number of rotatable bonds is 3. The fourth-order valence-corrected chi connectivity index (χ4v) is 0.848. The number of hydrogen-bond donors (Lipinski definition) is 3. The number of aliphatic hydroxyl groups excluding tert-OH is 1. The van der Waals surface area contributed by atoms with Crippen molar-refractivity contribution < 1.29 is 10.2 Å². The fourth-order valence-electron chi connectivity index (χ4n) is 0.848. The summed E-state index contributed by atoms with van der Waals surface area (Å²) in [7, 11) is 0. The summed E-state index contributed by atoms with van der Waals surface area (Å²) in [5.41, 5.74) is 4.16. The Morgan fingerprint density at radius 2 is 1.67 bits per heavy atom. The molecule has 3 nitrogen and oxygen atoms in total. The Hall–Kier alpha value is -0.120. The van der Waals surface area contributed by atoms with Crippen LogP contribution in [0.3, 0.4) is 0 Å². The zero-order valence-corrected chi connectivity index (χ0v) is 8.46. The van der Waals surface area contributed by atoms with E-state index in [1.165, 1.54) is 0 Å². The molecule has 0 aromatic rings. The number of nitrogens with two attached hydrogens (primary N) is 1. The molecule has 0 aliphatic carbocycles. The summed E-state index contributed by atoms with van der Waals surface area (Å²) in [6, 6.07) is 0. The summed E-state index contributed by atoms with van der Waals surface area (Å²) in [5.74, 6) is 0. The average Bonchev–Trinajstić information content (AvgIpc) is 1.84. The highest BCUT2D eigenvalue weighted by atomic mass is 16.3. The molecule has 12 heavy (non-hydrogen) atoms. The maximum absolute atomic E-state index is 9.94. The first-order chi connectivity index (χ1) is 5.20. The van der Waals surface area contributed by atoms with Crippen molar-refractivity contribution in [1.29, 1.82) is 0 Å². The molecule has 2 atom stereocenters. The first-order valence-corrected chi connectivity index (χ1v) is 4.31. The van der Waals surface area contributed by atoms with Crippen LogP contribution in [0, 0.1) is 5.41 Å². The van der Waals surface area contributed by atoms with Crippen LogP contribution < -0.4 is 5.73 Å². The molecule has 0 radical (unpaired) electrons. The molecule has 0 unspecified atom stereocenters. The molecule has 74 valence electrons. The third-order valence-corrected chi connectivity index (χ3v) is 2.52. The van der Waals surface area contributed by atoms with Gasteiger partial charge in [-0.2, -0.15) is 0 Å². The van der Waals surface area contributed by atoms with E-state index in [4.69, 9.17) is 5.73 Å². The van der Waals surface area contributed by atoms with Crippen molar-refractivity contribution >= 4 is 0 Å². The van der Waals surface area contributed by atoms with Gasteiger partial charge < -0.3 is 15.9 Å². The number of aliphatic hydroxyl groups is 2. The highest BCUT2D eigenvalue weighted by molar-refractivity contribution is 4.88. The van der Waals surface area contributed by atoms with E-state index in [9.17, 15) is 10.2 Å². The van der Waals surface area contributed by atoms with Crippen molar-refractivity contribution in [3.63, 3.8) is 0 Å². The minimum absolute atomic E-state index is 0.201. The normalized spacial score (nSPS) is 20.2. The van der Waals surface area contributed by atoms with Crippen molar-refractivity contribution in [2.45, 2.75) is 45.8 Å². The number of hydrogen-bond acceptors (Lipinski definition) is 3. The topological polar surface area (TPSA) is 66.5 Å². The summed E-state index contributed by atoms with van der Waals surface area (Å²) in [6.07, 6.45) is -0.285. The molecule has 0 rings (SSSR count). The molecule has 0 aliphatic heterocycles. The summed E-state index contributed by atoms with van der Waals surface area (Å²) >= 11 is 0. The second-order valence-electron chi connectivity index (χ2n) is 4.62. The third kappa shape index (κ3) is 3.09. The van der Waals surface area contributed by atoms with Crippen LogP contribution in [-0.4, -0.2) is 28.5 Å². The van der Waals surface area contributed by atoms with E-state index in [-0.39, 0.29) is 12.0 Å². The third-order valence-electron chi connectivity index (χ3n) is 2.52. The van der Waals surface area contributed by atoms with E-state index in [1.807, 2.05) is 20.8 Å². The maximum Gasteiger partial charge on any atom is 0.0692 e. The molecule has 0 spiro atoms. The van der Waals surface area contributed by atoms with Gasteiger partial charge in [-0.25, -0.2) is 0 Å². The second-order valence-corrected chi connectivity index (χ2v) is 4.62.